The van der Waals surface area contributed by atoms with E-state index in [1.807, 2.05) is 6.92 Å². The van der Waals surface area contributed by atoms with Gasteiger partial charge in [0.1, 0.15) is 5.82 Å². The fraction of sp³-hybridized carbons (Fsp3) is 0.188. The van der Waals surface area contributed by atoms with Gasteiger partial charge in [-0.05, 0) is 49.7 Å². The van der Waals surface area contributed by atoms with Crippen LogP contribution in [0.2, 0.25) is 0 Å². The summed E-state index contributed by atoms with van der Waals surface area (Å²) >= 11 is 0. The summed E-state index contributed by atoms with van der Waals surface area (Å²) in [4.78, 5) is 12.0. The van der Waals surface area contributed by atoms with Crippen molar-refractivity contribution in [3.63, 3.8) is 0 Å². The van der Waals surface area contributed by atoms with E-state index in [0.717, 1.165) is 5.56 Å². The number of rotatable bonds is 4. The van der Waals surface area contributed by atoms with E-state index in [0.29, 0.717) is 22.6 Å². The molecule has 110 valence electrons. The maximum atomic E-state index is 13.3. The van der Waals surface area contributed by atoms with E-state index in [4.69, 9.17) is 10.5 Å². The van der Waals surface area contributed by atoms with Gasteiger partial charge < -0.3 is 15.8 Å². The lowest BCUT2D eigenvalue weighted by atomic mass is 10.1. The number of benzene rings is 2. The Balaban J connectivity index is 2.39. The van der Waals surface area contributed by atoms with E-state index in [2.05, 4.69) is 5.32 Å². The Morgan fingerprint density at radius 3 is 2.71 bits per heavy atom. The molecule has 0 saturated carbocycles. The molecule has 21 heavy (non-hydrogen) atoms. The third-order valence-corrected chi connectivity index (χ3v) is 3.01. The van der Waals surface area contributed by atoms with Gasteiger partial charge in [0.2, 0.25) is 0 Å². The molecule has 0 aliphatic rings. The molecular weight excluding hydrogens is 271 g/mol. The van der Waals surface area contributed by atoms with Crippen LogP contribution in [0.15, 0.2) is 36.4 Å². The van der Waals surface area contributed by atoms with Gasteiger partial charge in [0.25, 0.3) is 0 Å². The van der Waals surface area contributed by atoms with E-state index in [9.17, 15) is 9.18 Å². The van der Waals surface area contributed by atoms with E-state index < -0.39 is 5.97 Å². The number of halogens is 1. The Hall–Kier alpha value is -2.56. The Labute approximate surface area is 122 Å². The van der Waals surface area contributed by atoms with Gasteiger partial charge in [-0.25, -0.2) is 9.18 Å². The molecule has 0 aromatic heterocycles. The number of ether oxygens (including phenoxy) is 1. The summed E-state index contributed by atoms with van der Waals surface area (Å²) < 4.78 is 18.3. The van der Waals surface area contributed by atoms with Gasteiger partial charge in [0.05, 0.1) is 17.9 Å². The summed E-state index contributed by atoms with van der Waals surface area (Å²) in [5, 5.41) is 3.05. The molecule has 0 spiro atoms. The first-order valence-corrected chi connectivity index (χ1v) is 6.61. The Morgan fingerprint density at radius 1 is 1.24 bits per heavy atom. The van der Waals surface area contributed by atoms with Gasteiger partial charge >= 0.3 is 5.97 Å². The van der Waals surface area contributed by atoms with Crippen LogP contribution in [0, 0.1) is 12.7 Å². The molecule has 0 aliphatic heterocycles. The molecule has 5 heteroatoms. The van der Waals surface area contributed by atoms with Crippen LogP contribution < -0.4 is 11.1 Å². The van der Waals surface area contributed by atoms with Crippen molar-refractivity contribution in [1.82, 2.24) is 0 Å². The summed E-state index contributed by atoms with van der Waals surface area (Å²) in [6.07, 6.45) is 0. The molecule has 2 aromatic carbocycles. The number of hydrogen-bond donors (Lipinski definition) is 2. The lowest BCUT2D eigenvalue weighted by Gasteiger charge is -2.14. The van der Waals surface area contributed by atoms with Crippen LogP contribution in [-0.4, -0.2) is 12.6 Å². The topological polar surface area (TPSA) is 64.3 Å². The number of aryl methyl sites for hydroxylation is 1. The number of nitrogen functional groups attached to an aromatic ring is 1. The Morgan fingerprint density at radius 2 is 2.00 bits per heavy atom. The minimum atomic E-state index is -0.471. The molecular formula is C16H17FN2O2. The highest BCUT2D eigenvalue weighted by atomic mass is 19.1. The van der Waals surface area contributed by atoms with Gasteiger partial charge in [-0.2, -0.15) is 0 Å². The molecule has 2 rings (SSSR count). The Kier molecular flexibility index (Phi) is 4.42. The molecule has 0 unspecified atom stereocenters. The first kappa shape index (κ1) is 14.8. The number of carbonyl (C=O) groups is 1. The standard InChI is InChI=1S/C16H17FN2O2/c1-3-21-16(20)13-9-12(18)6-7-14(13)19-15-8-11(17)5-4-10(15)2/h4-9,19H,3,18H2,1-2H3. The van der Waals surface area contributed by atoms with Crippen molar-refractivity contribution in [2.45, 2.75) is 13.8 Å². The van der Waals surface area contributed by atoms with Gasteiger partial charge in [0.15, 0.2) is 0 Å². The molecule has 0 amide bonds. The van der Waals surface area contributed by atoms with Crippen LogP contribution in [-0.2, 0) is 4.74 Å². The summed E-state index contributed by atoms with van der Waals surface area (Å²) in [5.41, 5.74) is 8.47. The fourth-order valence-electron chi connectivity index (χ4n) is 1.92. The number of esters is 1. The largest absolute Gasteiger partial charge is 0.462 e. The SMILES string of the molecule is CCOC(=O)c1cc(N)ccc1Nc1cc(F)ccc1C. The number of carbonyl (C=O) groups excluding carboxylic acids is 1. The molecule has 3 N–H and O–H groups in total. The van der Waals surface area contributed by atoms with E-state index in [1.165, 1.54) is 18.2 Å². The molecule has 4 nitrogen and oxygen atoms in total. The second-order valence-electron chi connectivity index (χ2n) is 4.61. The summed E-state index contributed by atoms with van der Waals surface area (Å²) in [6, 6.07) is 9.30. The third kappa shape index (κ3) is 3.51. The highest BCUT2D eigenvalue weighted by Gasteiger charge is 2.14. The number of anilines is 3. The van der Waals surface area contributed by atoms with Crippen LogP contribution >= 0.6 is 0 Å². The highest BCUT2D eigenvalue weighted by molar-refractivity contribution is 5.97. The molecule has 0 aliphatic carbocycles. The monoisotopic (exact) mass is 288 g/mol. The van der Waals surface area contributed by atoms with Crippen molar-refractivity contribution in [3.05, 3.63) is 53.3 Å². The van der Waals surface area contributed by atoms with Gasteiger partial charge in [-0.3, -0.25) is 0 Å². The van der Waals surface area contributed by atoms with E-state index in [1.54, 1.807) is 25.1 Å². The molecule has 0 heterocycles. The van der Waals surface area contributed by atoms with Crippen LogP contribution in [0.3, 0.4) is 0 Å². The smallest absolute Gasteiger partial charge is 0.340 e. The van der Waals surface area contributed by atoms with Crippen molar-refractivity contribution in [1.29, 1.82) is 0 Å². The van der Waals surface area contributed by atoms with Crippen molar-refractivity contribution < 1.29 is 13.9 Å². The van der Waals surface area contributed by atoms with Crippen molar-refractivity contribution >= 4 is 23.0 Å². The van der Waals surface area contributed by atoms with Crippen LogP contribution in [0.25, 0.3) is 0 Å². The third-order valence-electron chi connectivity index (χ3n) is 3.01. The first-order valence-electron chi connectivity index (χ1n) is 6.61. The Bertz CT molecular complexity index is 671. The normalized spacial score (nSPS) is 10.2. The quantitative estimate of drug-likeness (QED) is 0.666. The molecule has 0 radical (unpaired) electrons. The predicted molar refractivity (Wildman–Crippen MR) is 81.2 cm³/mol. The second-order valence-corrected chi connectivity index (χ2v) is 4.61. The van der Waals surface area contributed by atoms with Crippen LogP contribution in [0.1, 0.15) is 22.8 Å². The van der Waals surface area contributed by atoms with Gasteiger partial charge in [-0.1, -0.05) is 6.07 Å². The van der Waals surface area contributed by atoms with Crippen molar-refractivity contribution in [2.24, 2.45) is 0 Å². The average molecular weight is 288 g/mol. The number of nitrogens with two attached hydrogens (primary N) is 1. The second kappa shape index (κ2) is 6.26. The van der Waals surface area contributed by atoms with Crippen molar-refractivity contribution in [2.75, 3.05) is 17.7 Å². The minimum absolute atomic E-state index is 0.270. The highest BCUT2D eigenvalue weighted by Crippen LogP contribution is 2.26. The zero-order valence-electron chi connectivity index (χ0n) is 11.9. The van der Waals surface area contributed by atoms with Gasteiger partial charge in [0, 0.05) is 11.4 Å². The lowest BCUT2D eigenvalue weighted by molar-refractivity contribution is 0.0527. The zero-order chi connectivity index (χ0) is 15.4. The van der Waals surface area contributed by atoms with E-state index >= 15 is 0 Å². The van der Waals surface area contributed by atoms with Crippen LogP contribution in [0.5, 0.6) is 0 Å². The maximum Gasteiger partial charge on any atom is 0.340 e. The number of nitrogens with one attached hydrogen (secondary N) is 1. The summed E-state index contributed by atoms with van der Waals surface area (Å²) in [5.74, 6) is -0.822. The minimum Gasteiger partial charge on any atom is -0.462 e. The van der Waals surface area contributed by atoms with E-state index in [-0.39, 0.29) is 12.4 Å². The lowest BCUT2D eigenvalue weighted by Crippen LogP contribution is -2.09. The predicted octanol–water partition coefficient (Wildman–Crippen LogP) is 3.64. The molecule has 0 fully saturated rings. The molecule has 0 saturated heterocycles. The zero-order valence-corrected chi connectivity index (χ0v) is 11.9. The maximum absolute atomic E-state index is 13.3. The molecule has 0 bridgehead atoms. The molecule has 2 aromatic rings. The molecule has 0 atom stereocenters. The summed E-state index contributed by atoms with van der Waals surface area (Å²) in [7, 11) is 0. The average Bonchev–Trinajstić information content (AvgIpc) is 2.45. The fourth-order valence-corrected chi connectivity index (χ4v) is 1.92. The summed E-state index contributed by atoms with van der Waals surface area (Å²) in [6.45, 7) is 3.85. The first-order chi connectivity index (χ1) is 10.0. The number of hydrogen-bond acceptors (Lipinski definition) is 4. The van der Waals surface area contributed by atoms with Crippen LogP contribution in [0.4, 0.5) is 21.5 Å². The van der Waals surface area contributed by atoms with Gasteiger partial charge in [-0.15, -0.1) is 0 Å². The van der Waals surface area contributed by atoms with Crippen molar-refractivity contribution in [3.8, 4) is 0 Å².